The second-order valence-corrected chi connectivity index (χ2v) is 8.21. The Morgan fingerprint density at radius 2 is 1.90 bits per heavy atom. The summed E-state index contributed by atoms with van der Waals surface area (Å²) in [6.45, 7) is 5.17. The number of carboxylic acid groups (broad SMARTS) is 1. The third-order valence-electron chi connectivity index (χ3n) is 6.15. The molecule has 2 aromatic rings. The summed E-state index contributed by atoms with van der Waals surface area (Å²) in [6.07, 6.45) is 4.12. The monoisotopic (exact) mass is 427 g/mol. The van der Waals surface area contributed by atoms with Gasteiger partial charge in [0.1, 0.15) is 5.75 Å². The van der Waals surface area contributed by atoms with Gasteiger partial charge in [0.2, 0.25) is 0 Å². The lowest BCUT2D eigenvalue weighted by atomic mass is 9.85. The van der Waals surface area contributed by atoms with Crippen LogP contribution in [0.1, 0.15) is 36.5 Å². The van der Waals surface area contributed by atoms with Crippen LogP contribution in [0.25, 0.3) is 5.57 Å². The first-order valence-corrected chi connectivity index (χ1v) is 10.5. The predicted octanol–water partition coefficient (Wildman–Crippen LogP) is 4.86. The molecule has 0 aromatic heterocycles. The molecule has 1 heterocycles. The number of aryl methyl sites for hydroxylation is 2. The lowest BCUT2D eigenvalue weighted by molar-refractivity contribution is -0.147. The van der Waals surface area contributed by atoms with Gasteiger partial charge in [0.15, 0.2) is 0 Å². The van der Waals surface area contributed by atoms with Crippen molar-refractivity contribution in [1.82, 2.24) is 4.90 Å². The molecule has 4 nitrogen and oxygen atoms in total. The van der Waals surface area contributed by atoms with Crippen LogP contribution in [0, 0.1) is 5.92 Å². The fraction of sp³-hybridized carbons (Fsp3) is 0.400. The third-order valence-corrected chi connectivity index (χ3v) is 6.15. The summed E-state index contributed by atoms with van der Waals surface area (Å²) < 4.78 is 6.00. The van der Waals surface area contributed by atoms with Crippen molar-refractivity contribution in [2.24, 2.45) is 5.92 Å². The Morgan fingerprint density at radius 3 is 2.63 bits per heavy atom. The van der Waals surface area contributed by atoms with Crippen molar-refractivity contribution in [2.45, 2.75) is 32.6 Å². The second kappa shape index (κ2) is 10.1. The van der Waals surface area contributed by atoms with E-state index in [2.05, 4.69) is 54.3 Å². The van der Waals surface area contributed by atoms with E-state index >= 15 is 0 Å². The number of benzene rings is 2. The molecule has 2 aromatic carbocycles. The molecule has 0 bridgehead atoms. The molecule has 0 amide bonds. The molecule has 0 radical (unpaired) electrons. The molecule has 4 rings (SSSR count). The Labute approximate surface area is 185 Å². The van der Waals surface area contributed by atoms with Crippen molar-refractivity contribution in [3.8, 4) is 5.75 Å². The van der Waals surface area contributed by atoms with Gasteiger partial charge in [-0.3, -0.25) is 9.69 Å². The summed E-state index contributed by atoms with van der Waals surface area (Å²) >= 11 is 0. The Hall–Kier alpha value is -2.30. The Kier molecular flexibility index (Phi) is 7.57. The first kappa shape index (κ1) is 22.4. The normalized spacial score (nSPS) is 16.4. The molecule has 1 saturated heterocycles. The number of carboxylic acids is 1. The van der Waals surface area contributed by atoms with Gasteiger partial charge in [0.05, 0.1) is 12.5 Å². The van der Waals surface area contributed by atoms with Gasteiger partial charge < -0.3 is 9.84 Å². The maximum atomic E-state index is 11.0. The van der Waals surface area contributed by atoms with Crippen molar-refractivity contribution in [2.75, 3.05) is 26.2 Å². The molecule has 30 heavy (non-hydrogen) atoms. The van der Waals surface area contributed by atoms with Crippen LogP contribution < -0.4 is 4.74 Å². The zero-order valence-electron chi connectivity index (χ0n) is 17.5. The number of hydrogen-bond acceptors (Lipinski definition) is 3. The number of likely N-dealkylation sites (tertiary alicyclic amines) is 1. The average molecular weight is 428 g/mol. The highest BCUT2D eigenvalue weighted by Crippen LogP contribution is 2.34. The summed E-state index contributed by atoms with van der Waals surface area (Å²) in [6, 6.07) is 17.0. The highest BCUT2D eigenvalue weighted by molar-refractivity contribution is 5.85. The predicted molar refractivity (Wildman–Crippen MR) is 122 cm³/mol. The molecule has 0 spiro atoms. The number of allylic oxidation sites excluding steroid dienone is 1. The number of fused-ring (bicyclic) bond motifs is 1. The van der Waals surface area contributed by atoms with Crippen molar-refractivity contribution < 1.29 is 14.6 Å². The van der Waals surface area contributed by atoms with Gasteiger partial charge in [-0.2, -0.15) is 0 Å². The summed E-state index contributed by atoms with van der Waals surface area (Å²) in [5, 5.41) is 9.05. The molecule has 0 atom stereocenters. The SMILES string of the molecule is CC1=C(CN2CC(C(=O)O)C2)CCc2cc(OCCCc3ccccc3)ccc21.Cl. The molecule has 1 fully saturated rings. The Balaban J connectivity index is 0.00000256. The Morgan fingerprint density at radius 1 is 1.13 bits per heavy atom. The fourth-order valence-corrected chi connectivity index (χ4v) is 4.33. The quantitative estimate of drug-likeness (QED) is 0.611. The standard InChI is InChI=1S/C25H29NO3.ClH/c1-18-21(15-26-16-22(17-26)25(27)28)10-9-20-14-23(11-12-24(18)20)29-13-5-8-19-6-3-2-4-7-19;/h2-4,6-7,11-12,14,22H,5,8-10,13,15-17H2,1H3,(H,27,28);1H. The molecule has 1 aliphatic heterocycles. The molecule has 160 valence electrons. The molecular weight excluding hydrogens is 398 g/mol. The lowest BCUT2D eigenvalue weighted by Gasteiger charge is -2.38. The zero-order valence-corrected chi connectivity index (χ0v) is 18.3. The van der Waals surface area contributed by atoms with Crippen LogP contribution in [0.2, 0.25) is 0 Å². The van der Waals surface area contributed by atoms with Gasteiger partial charge in [0.25, 0.3) is 0 Å². The van der Waals surface area contributed by atoms with E-state index in [0.717, 1.165) is 44.6 Å². The minimum Gasteiger partial charge on any atom is -0.494 e. The van der Waals surface area contributed by atoms with Crippen LogP contribution >= 0.6 is 12.4 Å². The largest absolute Gasteiger partial charge is 0.494 e. The third kappa shape index (κ3) is 5.24. The number of nitrogens with zero attached hydrogens (tertiary/aromatic N) is 1. The molecule has 1 aliphatic carbocycles. The highest BCUT2D eigenvalue weighted by atomic mass is 35.5. The van der Waals surface area contributed by atoms with E-state index in [9.17, 15) is 4.79 Å². The molecule has 0 saturated carbocycles. The van der Waals surface area contributed by atoms with Crippen LogP contribution in [0.15, 0.2) is 54.1 Å². The van der Waals surface area contributed by atoms with Gasteiger partial charge >= 0.3 is 5.97 Å². The van der Waals surface area contributed by atoms with E-state index in [1.165, 1.54) is 27.8 Å². The second-order valence-electron chi connectivity index (χ2n) is 8.21. The molecule has 0 unspecified atom stereocenters. The van der Waals surface area contributed by atoms with E-state index in [-0.39, 0.29) is 18.3 Å². The minimum absolute atomic E-state index is 0. The van der Waals surface area contributed by atoms with Crippen molar-refractivity contribution >= 4 is 23.9 Å². The van der Waals surface area contributed by atoms with Crippen LogP contribution in [-0.4, -0.2) is 42.2 Å². The average Bonchev–Trinajstić information content (AvgIpc) is 2.69. The van der Waals surface area contributed by atoms with Crippen LogP contribution in [0.4, 0.5) is 0 Å². The molecule has 1 N–H and O–H groups in total. The first-order chi connectivity index (χ1) is 14.1. The maximum absolute atomic E-state index is 11.0. The van der Waals surface area contributed by atoms with E-state index in [1.807, 2.05) is 6.07 Å². The van der Waals surface area contributed by atoms with Crippen molar-refractivity contribution in [3.05, 3.63) is 70.8 Å². The van der Waals surface area contributed by atoms with E-state index in [1.54, 1.807) is 0 Å². The molecular formula is C25H30ClNO3. The number of aliphatic carboxylic acids is 1. The number of hydrogen-bond donors (Lipinski definition) is 1. The van der Waals surface area contributed by atoms with Crippen LogP contribution in [0.5, 0.6) is 5.75 Å². The Bertz CT molecular complexity index is 904. The first-order valence-electron chi connectivity index (χ1n) is 10.5. The van der Waals surface area contributed by atoms with E-state index < -0.39 is 5.97 Å². The molecule has 5 heteroatoms. The summed E-state index contributed by atoms with van der Waals surface area (Å²) in [7, 11) is 0. The number of carbonyl (C=O) groups is 1. The van der Waals surface area contributed by atoms with Crippen molar-refractivity contribution in [3.63, 3.8) is 0 Å². The van der Waals surface area contributed by atoms with Gasteiger partial charge in [-0.25, -0.2) is 0 Å². The van der Waals surface area contributed by atoms with E-state index in [4.69, 9.17) is 9.84 Å². The smallest absolute Gasteiger partial charge is 0.309 e. The highest BCUT2D eigenvalue weighted by Gasteiger charge is 2.33. The molecule has 2 aliphatic rings. The van der Waals surface area contributed by atoms with Gasteiger partial charge in [0, 0.05) is 19.6 Å². The topological polar surface area (TPSA) is 49.8 Å². The van der Waals surface area contributed by atoms with Crippen LogP contribution in [0.3, 0.4) is 0 Å². The number of halogens is 1. The van der Waals surface area contributed by atoms with Gasteiger partial charge in [-0.1, -0.05) is 42.0 Å². The number of rotatable bonds is 8. The summed E-state index contributed by atoms with van der Waals surface area (Å²) in [5.74, 6) is 0.103. The minimum atomic E-state index is -0.669. The summed E-state index contributed by atoms with van der Waals surface area (Å²) in [5.41, 5.74) is 6.82. The van der Waals surface area contributed by atoms with Crippen molar-refractivity contribution in [1.29, 1.82) is 0 Å². The van der Waals surface area contributed by atoms with Gasteiger partial charge in [-0.05, 0) is 67.0 Å². The lowest BCUT2D eigenvalue weighted by Crippen LogP contribution is -2.50. The summed E-state index contributed by atoms with van der Waals surface area (Å²) in [4.78, 5) is 13.2. The van der Waals surface area contributed by atoms with E-state index in [0.29, 0.717) is 13.1 Å². The fourth-order valence-electron chi connectivity index (χ4n) is 4.33. The number of ether oxygens (including phenoxy) is 1. The van der Waals surface area contributed by atoms with Crippen LogP contribution in [-0.2, 0) is 17.6 Å². The maximum Gasteiger partial charge on any atom is 0.309 e. The van der Waals surface area contributed by atoms with Gasteiger partial charge in [-0.15, -0.1) is 12.4 Å². The zero-order chi connectivity index (χ0) is 20.2.